The summed E-state index contributed by atoms with van der Waals surface area (Å²) in [6, 6.07) is 3.35. The third-order valence-corrected chi connectivity index (χ3v) is 5.42. The molecule has 3 rings (SSSR count). The van der Waals surface area contributed by atoms with Crippen molar-refractivity contribution in [1.82, 2.24) is 9.80 Å². The van der Waals surface area contributed by atoms with Gasteiger partial charge in [0.1, 0.15) is 6.54 Å². The van der Waals surface area contributed by atoms with Crippen LogP contribution in [-0.4, -0.2) is 81.0 Å². The van der Waals surface area contributed by atoms with E-state index in [4.69, 9.17) is 18.9 Å². The minimum Gasteiger partial charge on any atom is -0.493 e. The quantitative estimate of drug-likeness (QED) is 0.638. The molecule has 0 bridgehead atoms. The highest BCUT2D eigenvalue weighted by Crippen LogP contribution is 2.40. The van der Waals surface area contributed by atoms with E-state index >= 15 is 0 Å². The van der Waals surface area contributed by atoms with Crippen molar-refractivity contribution in [2.24, 2.45) is 0 Å². The van der Waals surface area contributed by atoms with E-state index in [1.54, 1.807) is 23.1 Å². The maximum atomic E-state index is 12.7. The third-order valence-electron chi connectivity index (χ3n) is 4.52. The van der Waals surface area contributed by atoms with E-state index < -0.39 is 11.1 Å². The van der Waals surface area contributed by atoms with Gasteiger partial charge >= 0.3 is 0 Å². The average molecular weight is 422 g/mol. The first-order valence-electron chi connectivity index (χ1n) is 8.89. The van der Waals surface area contributed by atoms with E-state index in [-0.39, 0.29) is 17.4 Å². The Kier molecular flexibility index (Phi) is 6.65. The predicted molar refractivity (Wildman–Crippen MR) is 106 cm³/mol. The number of carbonyl (C=O) groups is 3. The van der Waals surface area contributed by atoms with Crippen molar-refractivity contribution in [3.05, 3.63) is 22.6 Å². The molecule has 2 aliphatic rings. The van der Waals surface area contributed by atoms with E-state index in [2.05, 4.69) is 0 Å². The summed E-state index contributed by atoms with van der Waals surface area (Å²) in [4.78, 5) is 40.2. The van der Waals surface area contributed by atoms with Crippen molar-refractivity contribution in [2.75, 3.05) is 54.2 Å². The second-order valence-corrected chi connectivity index (χ2v) is 7.21. The number of carbonyl (C=O) groups excluding carboxylic acids is 3. The summed E-state index contributed by atoms with van der Waals surface area (Å²) in [6.45, 7) is 1.53. The highest BCUT2D eigenvalue weighted by molar-refractivity contribution is 8.18. The fourth-order valence-electron chi connectivity index (χ4n) is 3.02. The van der Waals surface area contributed by atoms with Crippen LogP contribution in [0.4, 0.5) is 4.79 Å². The Morgan fingerprint density at radius 3 is 2.28 bits per heavy atom. The Morgan fingerprint density at radius 2 is 1.72 bits per heavy atom. The van der Waals surface area contributed by atoms with Crippen molar-refractivity contribution in [3.63, 3.8) is 0 Å². The normalized spacial score (nSPS) is 18.4. The number of hydrogen-bond acceptors (Lipinski definition) is 8. The predicted octanol–water partition coefficient (Wildman–Crippen LogP) is 1.61. The number of thioether (sulfide) groups is 1. The molecular weight excluding hydrogens is 400 g/mol. The van der Waals surface area contributed by atoms with E-state index in [0.717, 1.165) is 16.7 Å². The molecular formula is C19H22N2O7S. The molecule has 0 N–H and O–H groups in total. The standard InChI is InChI=1S/C19H22N2O7S/c1-25-13-8-12(9-14(26-2)17(13)27-3)10-15-18(23)21(19(24)29-15)11-16(22)20-4-6-28-7-5-20/h8-10H,4-7,11H2,1-3H3/b15-10+. The second-order valence-electron chi connectivity index (χ2n) is 6.22. The first kappa shape index (κ1) is 21.0. The molecule has 0 aliphatic carbocycles. The number of ether oxygens (including phenoxy) is 4. The van der Waals surface area contributed by atoms with E-state index in [9.17, 15) is 14.4 Å². The van der Waals surface area contributed by atoms with E-state index in [1.807, 2.05) is 0 Å². The lowest BCUT2D eigenvalue weighted by Gasteiger charge is -2.28. The minimum absolute atomic E-state index is 0.221. The Hall–Kier alpha value is -2.72. The Labute approximate surface area is 172 Å². The molecule has 0 spiro atoms. The number of imide groups is 1. The summed E-state index contributed by atoms with van der Waals surface area (Å²) >= 11 is 0.792. The molecule has 2 fully saturated rings. The lowest BCUT2D eigenvalue weighted by Crippen LogP contribution is -2.46. The average Bonchev–Trinajstić information content (AvgIpc) is 3.00. The zero-order valence-electron chi connectivity index (χ0n) is 16.4. The van der Waals surface area contributed by atoms with Crippen LogP contribution in [0.5, 0.6) is 17.2 Å². The first-order valence-corrected chi connectivity index (χ1v) is 9.71. The number of methoxy groups -OCH3 is 3. The van der Waals surface area contributed by atoms with Crippen LogP contribution in [0.15, 0.2) is 17.0 Å². The molecule has 1 aromatic carbocycles. The molecule has 3 amide bonds. The van der Waals surface area contributed by atoms with E-state index in [0.29, 0.717) is 49.1 Å². The van der Waals surface area contributed by atoms with Crippen molar-refractivity contribution in [3.8, 4) is 17.2 Å². The maximum Gasteiger partial charge on any atom is 0.294 e. The van der Waals surface area contributed by atoms with Gasteiger partial charge in [-0.15, -0.1) is 0 Å². The Balaban J connectivity index is 1.80. The van der Waals surface area contributed by atoms with Gasteiger partial charge in [0.2, 0.25) is 11.7 Å². The van der Waals surface area contributed by atoms with Gasteiger partial charge in [0.25, 0.3) is 11.1 Å². The zero-order valence-corrected chi connectivity index (χ0v) is 17.2. The maximum absolute atomic E-state index is 12.7. The molecule has 2 heterocycles. The lowest BCUT2D eigenvalue weighted by atomic mass is 10.1. The fraction of sp³-hybridized carbons (Fsp3) is 0.421. The van der Waals surface area contributed by atoms with Crippen LogP contribution in [0.3, 0.4) is 0 Å². The first-order chi connectivity index (χ1) is 14.0. The highest BCUT2D eigenvalue weighted by atomic mass is 32.2. The van der Waals surface area contributed by atoms with Gasteiger partial charge in [0.05, 0.1) is 39.4 Å². The molecule has 156 valence electrons. The third kappa shape index (κ3) is 4.48. The molecule has 1 aromatic rings. The van der Waals surface area contributed by atoms with Gasteiger partial charge in [0.15, 0.2) is 11.5 Å². The van der Waals surface area contributed by atoms with Crippen LogP contribution >= 0.6 is 11.8 Å². The summed E-state index contributed by atoms with van der Waals surface area (Å²) in [5, 5.41) is -0.477. The molecule has 29 heavy (non-hydrogen) atoms. The van der Waals surface area contributed by atoms with Gasteiger partial charge in [-0.05, 0) is 35.5 Å². The van der Waals surface area contributed by atoms with Crippen LogP contribution in [-0.2, 0) is 14.3 Å². The molecule has 0 unspecified atom stereocenters. The van der Waals surface area contributed by atoms with Crippen LogP contribution in [0.1, 0.15) is 5.56 Å². The van der Waals surface area contributed by atoms with Crippen molar-refractivity contribution < 1.29 is 33.3 Å². The lowest BCUT2D eigenvalue weighted by molar-refractivity contribution is -0.139. The zero-order chi connectivity index (χ0) is 21.0. The molecule has 2 aliphatic heterocycles. The van der Waals surface area contributed by atoms with Gasteiger partial charge in [-0.3, -0.25) is 19.3 Å². The van der Waals surface area contributed by atoms with Gasteiger partial charge in [-0.25, -0.2) is 0 Å². The highest BCUT2D eigenvalue weighted by Gasteiger charge is 2.37. The van der Waals surface area contributed by atoms with Crippen molar-refractivity contribution in [2.45, 2.75) is 0 Å². The minimum atomic E-state index is -0.504. The molecule has 10 heteroatoms. The van der Waals surface area contributed by atoms with Crippen molar-refractivity contribution >= 4 is 34.9 Å². The number of morpholine rings is 1. The molecule has 0 radical (unpaired) electrons. The SMILES string of the molecule is COc1cc(/C=C2/SC(=O)N(CC(=O)N3CCOCC3)C2=O)cc(OC)c1OC. The number of benzene rings is 1. The smallest absolute Gasteiger partial charge is 0.294 e. The Bertz CT molecular complexity index is 824. The van der Waals surface area contributed by atoms with Crippen LogP contribution < -0.4 is 14.2 Å². The van der Waals surface area contributed by atoms with Crippen LogP contribution in [0, 0.1) is 0 Å². The van der Waals surface area contributed by atoms with E-state index in [1.165, 1.54) is 21.3 Å². The Morgan fingerprint density at radius 1 is 1.10 bits per heavy atom. The topological polar surface area (TPSA) is 94.6 Å². The fourth-order valence-corrected chi connectivity index (χ4v) is 3.86. The van der Waals surface area contributed by atoms with Gasteiger partial charge < -0.3 is 23.8 Å². The molecule has 0 aromatic heterocycles. The van der Waals surface area contributed by atoms with Gasteiger partial charge in [-0.1, -0.05) is 0 Å². The summed E-state index contributed by atoms with van der Waals surface area (Å²) in [5.41, 5.74) is 0.601. The number of nitrogens with zero attached hydrogens (tertiary/aromatic N) is 2. The molecule has 0 atom stereocenters. The number of hydrogen-bond donors (Lipinski definition) is 0. The monoisotopic (exact) mass is 422 g/mol. The molecule has 2 saturated heterocycles. The van der Waals surface area contributed by atoms with Crippen LogP contribution in [0.2, 0.25) is 0 Å². The van der Waals surface area contributed by atoms with Gasteiger partial charge in [0, 0.05) is 13.1 Å². The largest absolute Gasteiger partial charge is 0.493 e. The van der Waals surface area contributed by atoms with Crippen molar-refractivity contribution in [1.29, 1.82) is 0 Å². The van der Waals surface area contributed by atoms with Crippen LogP contribution in [0.25, 0.3) is 6.08 Å². The van der Waals surface area contributed by atoms with Gasteiger partial charge in [-0.2, -0.15) is 0 Å². The molecule has 0 saturated carbocycles. The summed E-state index contributed by atoms with van der Waals surface area (Å²) < 4.78 is 21.1. The summed E-state index contributed by atoms with van der Waals surface area (Å²) in [6.07, 6.45) is 1.56. The number of rotatable bonds is 6. The summed E-state index contributed by atoms with van der Waals surface area (Å²) in [7, 11) is 4.48. The summed E-state index contributed by atoms with van der Waals surface area (Å²) in [5.74, 6) is 0.510. The number of amides is 3. The second kappa shape index (κ2) is 9.19. The molecule has 9 nitrogen and oxygen atoms in total.